The molecule has 1 aromatic heterocycles. The minimum Gasteiger partial charge on any atom is -0.450 e. The molecule has 4 nitrogen and oxygen atoms in total. The third kappa shape index (κ3) is 3.02. The van der Waals surface area contributed by atoms with Gasteiger partial charge in [-0.1, -0.05) is 37.3 Å². The Morgan fingerprint density at radius 1 is 1.23 bits per heavy atom. The molecule has 26 heavy (non-hydrogen) atoms. The second kappa shape index (κ2) is 7.17. The molecule has 2 aromatic carbocycles. The fourth-order valence-electron chi connectivity index (χ4n) is 3.38. The minimum absolute atomic E-state index is 0.101. The first-order valence-electron chi connectivity index (χ1n) is 8.76. The predicted octanol–water partition coefficient (Wildman–Crippen LogP) is 5.11. The Labute approximate surface area is 157 Å². The van der Waals surface area contributed by atoms with Crippen molar-refractivity contribution < 1.29 is 13.9 Å². The number of rotatable bonds is 3. The Morgan fingerprint density at radius 2 is 2.00 bits per heavy atom. The summed E-state index contributed by atoms with van der Waals surface area (Å²) < 4.78 is 11.3. The Kier molecular flexibility index (Phi) is 4.74. The van der Waals surface area contributed by atoms with Gasteiger partial charge in [0.1, 0.15) is 5.58 Å². The summed E-state index contributed by atoms with van der Waals surface area (Å²) in [6, 6.07) is 15.8. The average molecular weight is 367 g/mol. The van der Waals surface area contributed by atoms with Gasteiger partial charge in [-0.25, -0.2) is 0 Å². The second-order valence-corrected chi connectivity index (χ2v) is 7.96. The van der Waals surface area contributed by atoms with Crippen molar-refractivity contribution in [2.45, 2.75) is 30.1 Å². The summed E-state index contributed by atoms with van der Waals surface area (Å²) in [5.41, 5.74) is 2.49. The van der Waals surface area contributed by atoms with Crippen molar-refractivity contribution in [3.05, 3.63) is 59.9 Å². The highest BCUT2D eigenvalue weighted by Gasteiger charge is 2.29. The number of amides is 1. The highest BCUT2D eigenvalue weighted by Crippen LogP contribution is 2.38. The molecule has 0 saturated heterocycles. The lowest BCUT2D eigenvalue weighted by Crippen LogP contribution is -2.32. The number of fused-ring (bicyclic) bond motifs is 2. The van der Waals surface area contributed by atoms with Gasteiger partial charge in [0.25, 0.3) is 5.91 Å². The van der Waals surface area contributed by atoms with E-state index in [4.69, 9.17) is 9.15 Å². The van der Waals surface area contributed by atoms with Crippen LogP contribution in [0.3, 0.4) is 0 Å². The molecule has 1 atom stereocenters. The summed E-state index contributed by atoms with van der Waals surface area (Å²) in [6.07, 6.45) is 0.935. The summed E-state index contributed by atoms with van der Waals surface area (Å²) in [7, 11) is 1.63. The molecular weight excluding hydrogens is 346 g/mol. The van der Waals surface area contributed by atoms with E-state index in [0.717, 1.165) is 28.0 Å². The summed E-state index contributed by atoms with van der Waals surface area (Å²) in [5, 5.41) is 1.40. The molecule has 4 rings (SSSR count). The van der Waals surface area contributed by atoms with Gasteiger partial charge in [-0.3, -0.25) is 4.79 Å². The molecular formula is C21H21NO3S. The SMILES string of the molecule is COCc1c(C(=O)N2CCC(C)Sc3ccccc32)oc2ccccc12. The third-order valence-electron chi connectivity index (χ3n) is 4.67. The number of hydrogen-bond donors (Lipinski definition) is 0. The van der Waals surface area contributed by atoms with Crippen LogP contribution in [0, 0.1) is 0 Å². The lowest BCUT2D eigenvalue weighted by molar-refractivity contribution is 0.0955. The molecule has 0 saturated carbocycles. The molecule has 0 fully saturated rings. The number of ether oxygens (including phenoxy) is 1. The zero-order chi connectivity index (χ0) is 18.1. The quantitative estimate of drug-likeness (QED) is 0.645. The van der Waals surface area contributed by atoms with Gasteiger partial charge in [0.05, 0.1) is 12.3 Å². The average Bonchev–Trinajstić information content (AvgIpc) is 2.92. The Hall–Kier alpha value is -2.24. The molecule has 0 bridgehead atoms. The fourth-order valence-corrected chi connectivity index (χ4v) is 4.49. The van der Waals surface area contributed by atoms with Crippen molar-refractivity contribution in [1.82, 2.24) is 0 Å². The van der Waals surface area contributed by atoms with E-state index in [0.29, 0.717) is 29.7 Å². The van der Waals surface area contributed by atoms with Gasteiger partial charge in [0.15, 0.2) is 5.76 Å². The van der Waals surface area contributed by atoms with Gasteiger partial charge >= 0.3 is 0 Å². The number of anilines is 1. The highest BCUT2D eigenvalue weighted by molar-refractivity contribution is 8.00. The molecule has 1 amide bonds. The molecule has 3 aromatic rings. The zero-order valence-corrected chi connectivity index (χ0v) is 15.7. The Bertz CT molecular complexity index is 949. The number of carbonyl (C=O) groups is 1. The van der Waals surface area contributed by atoms with Crippen molar-refractivity contribution in [2.24, 2.45) is 0 Å². The number of para-hydroxylation sites is 2. The number of hydrogen-bond acceptors (Lipinski definition) is 4. The molecule has 1 unspecified atom stereocenters. The lowest BCUT2D eigenvalue weighted by Gasteiger charge is -2.22. The number of thioether (sulfide) groups is 1. The van der Waals surface area contributed by atoms with Gasteiger partial charge in [-0.05, 0) is 24.6 Å². The maximum Gasteiger partial charge on any atom is 0.294 e. The summed E-state index contributed by atoms with van der Waals surface area (Å²) in [5.74, 6) is 0.276. The van der Waals surface area contributed by atoms with Crippen LogP contribution in [0.1, 0.15) is 29.5 Å². The van der Waals surface area contributed by atoms with Crippen LogP contribution in [-0.2, 0) is 11.3 Å². The van der Waals surface area contributed by atoms with E-state index >= 15 is 0 Å². The lowest BCUT2D eigenvalue weighted by atomic mass is 10.1. The number of benzene rings is 2. The summed E-state index contributed by atoms with van der Waals surface area (Å²) >= 11 is 1.82. The van der Waals surface area contributed by atoms with Gasteiger partial charge in [-0.15, -0.1) is 11.8 Å². The van der Waals surface area contributed by atoms with E-state index in [-0.39, 0.29) is 5.91 Å². The molecule has 2 heterocycles. The van der Waals surface area contributed by atoms with E-state index < -0.39 is 0 Å². The predicted molar refractivity (Wildman–Crippen MR) is 105 cm³/mol. The van der Waals surface area contributed by atoms with Crippen LogP contribution in [0.2, 0.25) is 0 Å². The van der Waals surface area contributed by atoms with E-state index in [9.17, 15) is 4.79 Å². The number of methoxy groups -OCH3 is 1. The second-order valence-electron chi connectivity index (χ2n) is 6.48. The van der Waals surface area contributed by atoms with Gasteiger partial charge in [-0.2, -0.15) is 0 Å². The van der Waals surface area contributed by atoms with Crippen LogP contribution < -0.4 is 4.90 Å². The Morgan fingerprint density at radius 3 is 2.85 bits per heavy atom. The smallest absolute Gasteiger partial charge is 0.294 e. The van der Waals surface area contributed by atoms with Crippen molar-refractivity contribution in [1.29, 1.82) is 0 Å². The van der Waals surface area contributed by atoms with Gasteiger partial charge < -0.3 is 14.1 Å². The molecule has 134 valence electrons. The molecule has 1 aliphatic rings. The monoisotopic (exact) mass is 367 g/mol. The van der Waals surface area contributed by atoms with Crippen LogP contribution in [-0.4, -0.2) is 24.8 Å². The number of furan rings is 1. The minimum atomic E-state index is -0.101. The molecule has 5 heteroatoms. The van der Waals surface area contributed by atoms with Crippen molar-refractivity contribution in [3.63, 3.8) is 0 Å². The van der Waals surface area contributed by atoms with Crippen molar-refractivity contribution in [2.75, 3.05) is 18.6 Å². The molecule has 0 radical (unpaired) electrons. The topological polar surface area (TPSA) is 42.7 Å². The normalized spacial score (nSPS) is 17.2. The maximum absolute atomic E-state index is 13.5. The van der Waals surface area contributed by atoms with Crippen LogP contribution in [0.15, 0.2) is 57.8 Å². The number of nitrogens with zero attached hydrogens (tertiary/aromatic N) is 1. The summed E-state index contributed by atoms with van der Waals surface area (Å²) in [4.78, 5) is 16.4. The largest absolute Gasteiger partial charge is 0.450 e. The zero-order valence-electron chi connectivity index (χ0n) is 14.9. The van der Waals surface area contributed by atoms with E-state index in [1.54, 1.807) is 7.11 Å². The molecule has 0 N–H and O–H groups in total. The Balaban J connectivity index is 1.81. The van der Waals surface area contributed by atoms with Crippen molar-refractivity contribution >= 4 is 34.3 Å². The van der Waals surface area contributed by atoms with E-state index in [2.05, 4.69) is 13.0 Å². The standard InChI is InChI=1S/C21H21NO3S/c1-14-11-12-22(17-8-4-6-10-19(17)26-14)21(23)20-16(13-24-2)15-7-3-5-9-18(15)25-20/h3-10,14H,11-13H2,1-2H3. The third-order valence-corrected chi connectivity index (χ3v) is 5.91. The first-order chi connectivity index (χ1) is 12.7. The summed E-state index contributed by atoms with van der Waals surface area (Å²) in [6.45, 7) is 3.22. The van der Waals surface area contributed by atoms with Crippen LogP contribution in [0.25, 0.3) is 11.0 Å². The highest BCUT2D eigenvalue weighted by atomic mass is 32.2. The first-order valence-corrected chi connectivity index (χ1v) is 9.64. The van der Waals surface area contributed by atoms with Crippen LogP contribution in [0.4, 0.5) is 5.69 Å². The van der Waals surface area contributed by atoms with Crippen LogP contribution >= 0.6 is 11.8 Å². The molecule has 1 aliphatic heterocycles. The maximum atomic E-state index is 13.5. The van der Waals surface area contributed by atoms with Gasteiger partial charge in [0, 0.05) is 34.7 Å². The van der Waals surface area contributed by atoms with Crippen LogP contribution in [0.5, 0.6) is 0 Å². The van der Waals surface area contributed by atoms with E-state index in [1.165, 1.54) is 0 Å². The number of carbonyl (C=O) groups excluding carboxylic acids is 1. The fraction of sp³-hybridized carbons (Fsp3) is 0.286. The van der Waals surface area contributed by atoms with Gasteiger partial charge in [0.2, 0.25) is 0 Å². The van der Waals surface area contributed by atoms with Crippen molar-refractivity contribution in [3.8, 4) is 0 Å². The molecule has 0 spiro atoms. The first kappa shape index (κ1) is 17.2. The molecule has 0 aliphatic carbocycles. The van der Waals surface area contributed by atoms with E-state index in [1.807, 2.05) is 59.1 Å².